The predicted octanol–water partition coefficient (Wildman–Crippen LogP) is 4.55. The highest BCUT2D eigenvalue weighted by atomic mass is 79.9. The summed E-state index contributed by atoms with van der Waals surface area (Å²) < 4.78 is 30.2. The molecule has 0 spiro atoms. The maximum absolute atomic E-state index is 13.6. The number of hydrogen-bond acceptors (Lipinski definition) is 4. The monoisotopic (exact) mass is 597 g/mol. The van der Waals surface area contributed by atoms with Crippen molar-refractivity contribution in [3.63, 3.8) is 0 Å². The highest BCUT2D eigenvalue weighted by Gasteiger charge is 2.37. The summed E-state index contributed by atoms with van der Waals surface area (Å²) >= 11 is 6.86. The van der Waals surface area contributed by atoms with Gasteiger partial charge in [-0.25, -0.2) is 8.42 Å². The lowest BCUT2D eigenvalue weighted by Gasteiger charge is -2.32. The van der Waals surface area contributed by atoms with Gasteiger partial charge in [0.25, 0.3) is 0 Å². The third-order valence-electron chi connectivity index (χ3n) is 6.17. The van der Waals surface area contributed by atoms with Gasteiger partial charge in [-0.15, -0.1) is 0 Å². The van der Waals surface area contributed by atoms with Crippen molar-refractivity contribution in [3.8, 4) is 0 Å². The molecule has 0 saturated carbocycles. The van der Waals surface area contributed by atoms with Crippen LogP contribution in [0.2, 0.25) is 0 Å². The summed E-state index contributed by atoms with van der Waals surface area (Å²) in [5.74, 6) is -0.466. The Morgan fingerprint density at radius 2 is 1.79 bits per heavy atom. The van der Waals surface area contributed by atoms with Crippen LogP contribution < -0.4 is 10.2 Å². The van der Waals surface area contributed by atoms with Crippen LogP contribution in [0, 0.1) is 5.92 Å². The first-order valence-corrected chi connectivity index (χ1v) is 13.9. The molecule has 0 radical (unpaired) electrons. The number of rotatable bonds is 5. The quantitative estimate of drug-likeness (QED) is 0.547. The molecule has 1 saturated heterocycles. The maximum atomic E-state index is 13.6. The predicted molar refractivity (Wildman–Crippen MR) is 135 cm³/mol. The molecule has 10 heteroatoms. The molecule has 1 N–H and O–H groups in total. The standard InChI is InChI=1S/C23H25Br2N3O4S/c1-2-21(29)28-12-9-16-13-17(24)14-20(22(16)28)33(31,32)27-10-7-15(8-11-27)23(30)26-19-6-4-3-5-18(19)25/h3-6,13-15H,2,7-12H2,1H3,(H,26,30). The van der Waals surface area contributed by atoms with E-state index in [9.17, 15) is 18.0 Å². The topological polar surface area (TPSA) is 86.8 Å². The molecule has 33 heavy (non-hydrogen) atoms. The van der Waals surface area contributed by atoms with Crippen LogP contribution >= 0.6 is 31.9 Å². The van der Waals surface area contributed by atoms with E-state index in [-0.39, 0.29) is 35.7 Å². The number of carbonyl (C=O) groups is 2. The zero-order valence-electron chi connectivity index (χ0n) is 18.2. The Bertz CT molecular complexity index is 1190. The molecule has 7 nitrogen and oxygen atoms in total. The van der Waals surface area contributed by atoms with Gasteiger partial charge in [-0.3, -0.25) is 9.59 Å². The van der Waals surface area contributed by atoms with E-state index in [1.54, 1.807) is 17.9 Å². The summed E-state index contributed by atoms with van der Waals surface area (Å²) in [6.45, 7) is 2.76. The molecule has 2 amide bonds. The summed E-state index contributed by atoms with van der Waals surface area (Å²) in [7, 11) is -3.83. The van der Waals surface area contributed by atoms with Gasteiger partial charge in [0.2, 0.25) is 21.8 Å². The second-order valence-corrected chi connectivity index (χ2v) is 11.9. The zero-order valence-corrected chi connectivity index (χ0v) is 22.2. The van der Waals surface area contributed by atoms with E-state index < -0.39 is 10.0 Å². The van der Waals surface area contributed by atoms with Crippen molar-refractivity contribution in [2.45, 2.75) is 37.5 Å². The average Bonchev–Trinajstić information content (AvgIpc) is 3.23. The van der Waals surface area contributed by atoms with E-state index in [2.05, 4.69) is 37.2 Å². The van der Waals surface area contributed by atoms with Crippen LogP contribution in [0.5, 0.6) is 0 Å². The van der Waals surface area contributed by atoms with E-state index in [4.69, 9.17) is 0 Å². The van der Waals surface area contributed by atoms with Gasteiger partial charge in [-0.1, -0.05) is 35.0 Å². The minimum atomic E-state index is -3.83. The second-order valence-electron chi connectivity index (χ2n) is 8.21. The van der Waals surface area contributed by atoms with Gasteiger partial charge in [-0.05, 0) is 65.0 Å². The number of halogens is 2. The molecule has 0 unspecified atom stereocenters. The molecular formula is C23H25Br2N3O4S. The zero-order chi connectivity index (χ0) is 23.8. The Balaban J connectivity index is 1.52. The summed E-state index contributed by atoms with van der Waals surface area (Å²) in [6.07, 6.45) is 1.81. The molecular weight excluding hydrogens is 574 g/mol. The molecule has 0 bridgehead atoms. The van der Waals surface area contributed by atoms with Gasteiger partial charge in [0.15, 0.2) is 0 Å². The van der Waals surface area contributed by atoms with Crippen molar-refractivity contribution < 1.29 is 18.0 Å². The van der Waals surface area contributed by atoms with E-state index in [0.717, 1.165) is 10.0 Å². The SMILES string of the molecule is CCC(=O)N1CCc2cc(Br)cc(S(=O)(=O)N3CCC(C(=O)Nc4ccccc4Br)CC3)c21. The minimum absolute atomic E-state index is 0.0880. The van der Waals surface area contributed by atoms with Crippen molar-refractivity contribution in [2.75, 3.05) is 29.9 Å². The number of benzene rings is 2. The fourth-order valence-corrected chi connectivity index (χ4v) is 7.17. The second kappa shape index (κ2) is 9.85. The highest BCUT2D eigenvalue weighted by Crippen LogP contribution is 2.40. The number of sulfonamides is 1. The lowest BCUT2D eigenvalue weighted by atomic mass is 9.97. The van der Waals surface area contributed by atoms with Gasteiger partial charge in [0.05, 0.1) is 11.4 Å². The Labute approximate surface area is 210 Å². The first kappa shape index (κ1) is 24.4. The number of nitrogens with zero attached hydrogens (tertiary/aromatic N) is 2. The Hall–Kier alpha value is -1.75. The number of piperidine rings is 1. The first-order chi connectivity index (χ1) is 15.7. The number of carbonyl (C=O) groups excluding carboxylic acids is 2. The fraction of sp³-hybridized carbons (Fsp3) is 0.391. The Morgan fingerprint density at radius 3 is 2.45 bits per heavy atom. The van der Waals surface area contributed by atoms with Crippen molar-refractivity contribution >= 4 is 65.1 Å². The summed E-state index contributed by atoms with van der Waals surface area (Å²) in [5, 5.41) is 2.93. The third kappa shape index (κ3) is 4.89. The average molecular weight is 599 g/mol. The number of para-hydroxylation sites is 1. The maximum Gasteiger partial charge on any atom is 0.245 e. The van der Waals surface area contributed by atoms with Crippen LogP contribution in [-0.2, 0) is 26.0 Å². The lowest BCUT2D eigenvalue weighted by Crippen LogP contribution is -2.42. The molecule has 2 aromatic rings. The van der Waals surface area contributed by atoms with Crippen molar-refractivity contribution in [1.82, 2.24) is 4.31 Å². The number of anilines is 2. The van der Waals surface area contributed by atoms with Gasteiger partial charge in [0.1, 0.15) is 4.90 Å². The first-order valence-electron chi connectivity index (χ1n) is 10.9. The summed E-state index contributed by atoms with van der Waals surface area (Å²) in [6, 6.07) is 10.9. The van der Waals surface area contributed by atoms with Gasteiger partial charge < -0.3 is 10.2 Å². The van der Waals surface area contributed by atoms with E-state index in [1.165, 1.54) is 4.31 Å². The van der Waals surface area contributed by atoms with Crippen LogP contribution in [0.25, 0.3) is 0 Å². The molecule has 2 aliphatic rings. The largest absolute Gasteiger partial charge is 0.325 e. The van der Waals surface area contributed by atoms with E-state index in [0.29, 0.717) is 48.1 Å². The van der Waals surface area contributed by atoms with Crippen molar-refractivity contribution in [1.29, 1.82) is 0 Å². The molecule has 2 aromatic carbocycles. The number of amides is 2. The van der Waals surface area contributed by atoms with E-state index in [1.807, 2.05) is 30.3 Å². The molecule has 0 aliphatic carbocycles. The third-order valence-corrected chi connectivity index (χ3v) is 9.23. The van der Waals surface area contributed by atoms with E-state index >= 15 is 0 Å². The van der Waals surface area contributed by atoms with Gasteiger partial charge in [0, 0.05) is 40.9 Å². The van der Waals surface area contributed by atoms with Crippen LogP contribution in [0.3, 0.4) is 0 Å². The highest BCUT2D eigenvalue weighted by molar-refractivity contribution is 9.10. The smallest absolute Gasteiger partial charge is 0.245 e. The molecule has 1 fully saturated rings. The molecule has 2 heterocycles. The van der Waals surface area contributed by atoms with Crippen molar-refractivity contribution in [3.05, 3.63) is 50.9 Å². The normalized spacial score (nSPS) is 17.1. The minimum Gasteiger partial charge on any atom is -0.325 e. The Kier molecular flexibility index (Phi) is 7.28. The van der Waals surface area contributed by atoms with Gasteiger partial charge in [-0.2, -0.15) is 4.31 Å². The number of hydrogen-bond donors (Lipinski definition) is 1. The number of fused-ring (bicyclic) bond motifs is 1. The molecule has 0 atom stereocenters. The molecule has 176 valence electrons. The summed E-state index contributed by atoms with van der Waals surface area (Å²) in [4.78, 5) is 27.0. The lowest BCUT2D eigenvalue weighted by molar-refractivity contribution is -0.121. The van der Waals surface area contributed by atoms with Gasteiger partial charge >= 0.3 is 0 Å². The number of nitrogens with one attached hydrogen (secondary N) is 1. The molecule has 4 rings (SSSR count). The van der Waals surface area contributed by atoms with Crippen LogP contribution in [0.15, 0.2) is 50.2 Å². The van der Waals surface area contributed by atoms with Crippen LogP contribution in [0.1, 0.15) is 31.7 Å². The molecule has 2 aliphatic heterocycles. The fourth-order valence-electron chi connectivity index (χ4n) is 4.40. The van der Waals surface area contributed by atoms with Crippen LogP contribution in [-0.4, -0.2) is 44.2 Å². The Morgan fingerprint density at radius 1 is 1.09 bits per heavy atom. The molecule has 0 aromatic heterocycles. The summed E-state index contributed by atoms with van der Waals surface area (Å²) in [5.41, 5.74) is 2.05. The van der Waals surface area contributed by atoms with Crippen LogP contribution in [0.4, 0.5) is 11.4 Å². The van der Waals surface area contributed by atoms with Crippen molar-refractivity contribution in [2.24, 2.45) is 5.92 Å².